The minimum atomic E-state index is 0.173. The molecule has 0 saturated carbocycles. The van der Waals surface area contributed by atoms with Crippen molar-refractivity contribution in [1.29, 1.82) is 0 Å². The average Bonchev–Trinajstić information content (AvgIpc) is 3.07. The number of thiophene rings is 1. The molecule has 1 aromatic carbocycles. The van der Waals surface area contributed by atoms with Crippen molar-refractivity contribution in [2.45, 2.75) is 32.0 Å². The van der Waals surface area contributed by atoms with Crippen LogP contribution in [0.3, 0.4) is 0 Å². The Bertz CT molecular complexity index is 505. The van der Waals surface area contributed by atoms with Crippen molar-refractivity contribution in [3.8, 4) is 0 Å². The molecule has 1 atom stereocenters. The van der Waals surface area contributed by atoms with Gasteiger partial charge in [0, 0.05) is 11.4 Å². The molecule has 0 unspecified atom stereocenters. The van der Waals surface area contributed by atoms with Gasteiger partial charge in [-0.3, -0.25) is 0 Å². The van der Waals surface area contributed by atoms with Gasteiger partial charge in [-0.1, -0.05) is 42.8 Å². The fourth-order valence-corrected chi connectivity index (χ4v) is 3.50. The number of ether oxygens (including phenoxy) is 1. The van der Waals surface area contributed by atoms with Crippen LogP contribution in [-0.4, -0.2) is 24.5 Å². The lowest BCUT2D eigenvalue weighted by Gasteiger charge is -2.30. The van der Waals surface area contributed by atoms with E-state index in [2.05, 4.69) is 52.7 Å². The van der Waals surface area contributed by atoms with E-state index in [4.69, 9.17) is 4.74 Å². The fourth-order valence-electron chi connectivity index (χ4n) is 2.88. The molecule has 1 saturated heterocycles. The van der Waals surface area contributed by atoms with Gasteiger partial charge in [0.1, 0.15) is 0 Å². The molecule has 3 heteroatoms. The van der Waals surface area contributed by atoms with Gasteiger partial charge >= 0.3 is 0 Å². The summed E-state index contributed by atoms with van der Waals surface area (Å²) < 4.78 is 6.24. The zero-order chi connectivity index (χ0) is 14.3. The Morgan fingerprint density at radius 2 is 1.81 bits per heavy atom. The van der Waals surface area contributed by atoms with Crippen LogP contribution in [0.15, 0.2) is 47.8 Å². The molecule has 0 aliphatic carbocycles. The molecule has 2 aromatic rings. The molecular formula is C18H23NOS. The molecule has 0 spiro atoms. The largest absolute Gasteiger partial charge is 0.367 e. The predicted octanol–water partition coefficient (Wildman–Crippen LogP) is 4.49. The summed E-state index contributed by atoms with van der Waals surface area (Å²) in [6, 6.07) is 14.9. The van der Waals surface area contributed by atoms with Gasteiger partial charge in [0.15, 0.2) is 0 Å². The van der Waals surface area contributed by atoms with Crippen LogP contribution in [0.25, 0.3) is 0 Å². The monoisotopic (exact) mass is 301 g/mol. The van der Waals surface area contributed by atoms with E-state index in [9.17, 15) is 0 Å². The maximum absolute atomic E-state index is 6.24. The first kappa shape index (κ1) is 14.8. The molecule has 21 heavy (non-hydrogen) atoms. The highest BCUT2D eigenvalue weighted by molar-refractivity contribution is 7.09. The summed E-state index contributed by atoms with van der Waals surface area (Å²) in [6.07, 6.45) is 4.20. The number of piperidine rings is 1. The van der Waals surface area contributed by atoms with Gasteiger partial charge in [-0.05, 0) is 42.9 Å². The van der Waals surface area contributed by atoms with E-state index in [0.717, 1.165) is 6.54 Å². The molecule has 112 valence electrons. The van der Waals surface area contributed by atoms with Gasteiger partial charge in [-0.25, -0.2) is 0 Å². The van der Waals surface area contributed by atoms with Crippen LogP contribution in [0.5, 0.6) is 0 Å². The highest BCUT2D eigenvalue weighted by Crippen LogP contribution is 2.23. The van der Waals surface area contributed by atoms with Gasteiger partial charge in [0.05, 0.1) is 12.7 Å². The van der Waals surface area contributed by atoms with E-state index in [1.54, 1.807) is 11.3 Å². The topological polar surface area (TPSA) is 12.5 Å². The molecule has 3 rings (SSSR count). The van der Waals surface area contributed by atoms with Crippen molar-refractivity contribution in [3.63, 3.8) is 0 Å². The summed E-state index contributed by atoms with van der Waals surface area (Å²) in [4.78, 5) is 3.85. The van der Waals surface area contributed by atoms with Crippen LogP contribution < -0.4 is 0 Å². The summed E-state index contributed by atoms with van der Waals surface area (Å²) in [5.74, 6) is 0. The molecule has 0 N–H and O–H groups in total. The van der Waals surface area contributed by atoms with Gasteiger partial charge in [-0.15, -0.1) is 11.3 Å². The first-order valence-corrected chi connectivity index (χ1v) is 8.71. The summed E-state index contributed by atoms with van der Waals surface area (Å²) in [6.45, 7) is 4.15. The minimum Gasteiger partial charge on any atom is -0.367 e. The highest BCUT2D eigenvalue weighted by Gasteiger charge is 2.18. The Balaban J connectivity index is 1.65. The smallest absolute Gasteiger partial charge is 0.0956 e. The number of likely N-dealkylation sites (tertiary alicyclic amines) is 1. The molecular weight excluding hydrogens is 278 g/mol. The fraction of sp³-hybridized carbons (Fsp3) is 0.444. The van der Waals surface area contributed by atoms with Crippen molar-refractivity contribution in [2.24, 2.45) is 0 Å². The number of nitrogens with zero attached hydrogens (tertiary/aromatic N) is 1. The van der Waals surface area contributed by atoms with Crippen molar-refractivity contribution in [1.82, 2.24) is 4.90 Å². The molecule has 2 heterocycles. The first-order chi connectivity index (χ1) is 10.4. The third kappa shape index (κ3) is 4.40. The lowest BCUT2D eigenvalue weighted by atomic mass is 10.1. The average molecular weight is 301 g/mol. The molecule has 0 amide bonds. The Hall–Kier alpha value is -1.16. The van der Waals surface area contributed by atoms with Crippen molar-refractivity contribution < 1.29 is 4.74 Å². The lowest BCUT2D eigenvalue weighted by molar-refractivity contribution is 0.0112. The van der Waals surface area contributed by atoms with E-state index < -0.39 is 0 Å². The van der Waals surface area contributed by atoms with Crippen LogP contribution in [0.1, 0.15) is 35.8 Å². The Labute approximate surface area is 131 Å². The van der Waals surface area contributed by atoms with E-state index in [-0.39, 0.29) is 6.10 Å². The molecule has 1 aromatic heterocycles. The third-order valence-corrected chi connectivity index (χ3v) is 4.90. The van der Waals surface area contributed by atoms with Gasteiger partial charge in [-0.2, -0.15) is 0 Å². The second kappa shape index (κ2) is 7.74. The van der Waals surface area contributed by atoms with Gasteiger partial charge in [0.25, 0.3) is 0 Å². The normalized spacial score (nSPS) is 17.7. The summed E-state index contributed by atoms with van der Waals surface area (Å²) in [5, 5.41) is 2.11. The van der Waals surface area contributed by atoms with E-state index >= 15 is 0 Å². The summed E-state index contributed by atoms with van der Waals surface area (Å²) in [7, 11) is 0. The quantitative estimate of drug-likeness (QED) is 0.779. The second-order valence-electron chi connectivity index (χ2n) is 5.65. The lowest BCUT2D eigenvalue weighted by Crippen LogP contribution is -2.34. The van der Waals surface area contributed by atoms with Crippen molar-refractivity contribution in [3.05, 3.63) is 58.3 Å². The van der Waals surface area contributed by atoms with Crippen LogP contribution >= 0.6 is 11.3 Å². The zero-order valence-electron chi connectivity index (χ0n) is 12.4. The first-order valence-electron chi connectivity index (χ1n) is 7.83. The molecule has 1 aliphatic rings. The SMILES string of the molecule is c1ccc([C@H](CN2CCCCC2)OCc2cccs2)cc1. The van der Waals surface area contributed by atoms with Crippen molar-refractivity contribution >= 4 is 11.3 Å². The van der Waals surface area contributed by atoms with E-state index in [1.807, 2.05) is 0 Å². The Morgan fingerprint density at radius 1 is 1.00 bits per heavy atom. The second-order valence-corrected chi connectivity index (χ2v) is 6.68. The molecule has 0 bridgehead atoms. The van der Waals surface area contributed by atoms with E-state index in [1.165, 1.54) is 42.8 Å². The molecule has 0 radical (unpaired) electrons. The molecule has 1 aliphatic heterocycles. The molecule has 2 nitrogen and oxygen atoms in total. The standard InChI is InChI=1S/C18H23NOS/c1-3-8-16(9-4-1)18(14-19-11-5-2-6-12-19)20-15-17-10-7-13-21-17/h1,3-4,7-10,13,18H,2,5-6,11-12,14-15H2/t18-/m0/s1. The predicted molar refractivity (Wildman–Crippen MR) is 88.6 cm³/mol. The maximum atomic E-state index is 6.24. The Kier molecular flexibility index (Phi) is 5.44. The zero-order valence-corrected chi connectivity index (χ0v) is 13.2. The third-order valence-electron chi connectivity index (χ3n) is 4.05. The number of rotatable bonds is 6. The Morgan fingerprint density at radius 3 is 2.52 bits per heavy atom. The number of hydrogen-bond acceptors (Lipinski definition) is 3. The highest BCUT2D eigenvalue weighted by atomic mass is 32.1. The minimum absolute atomic E-state index is 0.173. The van der Waals surface area contributed by atoms with Crippen LogP contribution in [-0.2, 0) is 11.3 Å². The molecule has 1 fully saturated rings. The van der Waals surface area contributed by atoms with E-state index in [0.29, 0.717) is 6.61 Å². The van der Waals surface area contributed by atoms with Crippen molar-refractivity contribution in [2.75, 3.05) is 19.6 Å². The summed E-state index contributed by atoms with van der Waals surface area (Å²) in [5.41, 5.74) is 1.29. The van der Waals surface area contributed by atoms with Crippen LogP contribution in [0, 0.1) is 0 Å². The number of benzene rings is 1. The van der Waals surface area contributed by atoms with Gasteiger partial charge in [0.2, 0.25) is 0 Å². The summed E-state index contributed by atoms with van der Waals surface area (Å²) >= 11 is 1.77. The van der Waals surface area contributed by atoms with Crippen LogP contribution in [0.2, 0.25) is 0 Å². The van der Waals surface area contributed by atoms with Crippen LogP contribution in [0.4, 0.5) is 0 Å². The number of hydrogen-bond donors (Lipinski definition) is 0. The maximum Gasteiger partial charge on any atom is 0.0956 e. The van der Waals surface area contributed by atoms with Gasteiger partial charge < -0.3 is 9.64 Å².